The third-order valence-corrected chi connectivity index (χ3v) is 3.71. The first kappa shape index (κ1) is 9.08. The molecular weight excluding hydrogens is 180 g/mol. The zero-order valence-electron chi connectivity index (χ0n) is 8.13. The van der Waals surface area contributed by atoms with Crippen LogP contribution in [0.25, 0.3) is 0 Å². The Kier molecular flexibility index (Phi) is 2.33. The lowest BCUT2D eigenvalue weighted by Crippen LogP contribution is -2.30. The first-order valence-electron chi connectivity index (χ1n) is 4.94. The average molecular weight is 195 g/mol. The van der Waals surface area contributed by atoms with Gasteiger partial charge in [0, 0.05) is 5.02 Å². The molecule has 0 spiro atoms. The first-order chi connectivity index (χ1) is 6.18. The molecule has 1 aromatic carbocycles. The quantitative estimate of drug-likeness (QED) is 0.632. The summed E-state index contributed by atoms with van der Waals surface area (Å²) in [6.45, 7) is 4.67. The summed E-state index contributed by atoms with van der Waals surface area (Å²) >= 11 is 5.84. The molecule has 1 heteroatoms. The van der Waals surface area contributed by atoms with Crippen molar-refractivity contribution >= 4 is 11.6 Å². The van der Waals surface area contributed by atoms with E-state index >= 15 is 0 Å². The Morgan fingerprint density at radius 1 is 1.15 bits per heavy atom. The fourth-order valence-corrected chi connectivity index (χ4v) is 2.31. The van der Waals surface area contributed by atoms with Gasteiger partial charge in [0.05, 0.1) is 0 Å². The third kappa shape index (κ3) is 1.60. The molecule has 0 heterocycles. The van der Waals surface area contributed by atoms with E-state index in [1.165, 1.54) is 12.0 Å². The fourth-order valence-electron chi connectivity index (χ4n) is 2.18. The molecule has 1 aliphatic carbocycles. The molecular formula is C12H15Cl. The van der Waals surface area contributed by atoms with E-state index in [0.717, 1.165) is 22.8 Å². The minimum Gasteiger partial charge on any atom is -0.0843 e. The van der Waals surface area contributed by atoms with Crippen LogP contribution in [0.1, 0.15) is 31.7 Å². The Morgan fingerprint density at radius 3 is 2.23 bits per heavy atom. The molecule has 1 aliphatic rings. The maximum absolute atomic E-state index is 5.84. The Morgan fingerprint density at radius 2 is 1.77 bits per heavy atom. The molecule has 1 fully saturated rings. The van der Waals surface area contributed by atoms with E-state index in [2.05, 4.69) is 26.0 Å². The van der Waals surface area contributed by atoms with E-state index in [9.17, 15) is 0 Å². The second kappa shape index (κ2) is 3.34. The first-order valence-corrected chi connectivity index (χ1v) is 5.31. The standard InChI is InChI=1S/C12H15Cl/c1-8-7-12(9(8)2)10-3-5-11(13)6-4-10/h3-6,8-9,12H,7H2,1-2H3. The SMILES string of the molecule is CC1CC(c2ccc(Cl)cc2)C1C. The van der Waals surface area contributed by atoms with Gasteiger partial charge in [0.25, 0.3) is 0 Å². The molecule has 0 aliphatic heterocycles. The predicted octanol–water partition coefficient (Wildman–Crippen LogP) is 4.10. The van der Waals surface area contributed by atoms with E-state index < -0.39 is 0 Å². The van der Waals surface area contributed by atoms with Crippen LogP contribution in [-0.2, 0) is 0 Å². The fraction of sp³-hybridized carbons (Fsp3) is 0.500. The molecule has 3 unspecified atom stereocenters. The molecule has 1 aromatic rings. The van der Waals surface area contributed by atoms with Crippen LogP contribution in [0.2, 0.25) is 5.02 Å². The van der Waals surface area contributed by atoms with Crippen LogP contribution in [0.3, 0.4) is 0 Å². The molecule has 0 aromatic heterocycles. The zero-order chi connectivity index (χ0) is 9.42. The van der Waals surface area contributed by atoms with Gasteiger partial charge in [-0.15, -0.1) is 0 Å². The van der Waals surface area contributed by atoms with Crippen molar-refractivity contribution in [3.63, 3.8) is 0 Å². The van der Waals surface area contributed by atoms with Gasteiger partial charge in [-0.25, -0.2) is 0 Å². The van der Waals surface area contributed by atoms with Crippen LogP contribution in [0.5, 0.6) is 0 Å². The Balaban J connectivity index is 2.14. The summed E-state index contributed by atoms with van der Waals surface area (Å²) in [6.07, 6.45) is 1.34. The summed E-state index contributed by atoms with van der Waals surface area (Å²) in [5, 5.41) is 0.837. The second-order valence-electron chi connectivity index (χ2n) is 4.23. The van der Waals surface area contributed by atoms with E-state index in [-0.39, 0.29) is 0 Å². The molecule has 70 valence electrons. The van der Waals surface area contributed by atoms with Gasteiger partial charge in [0.1, 0.15) is 0 Å². The van der Waals surface area contributed by atoms with E-state index in [4.69, 9.17) is 11.6 Å². The topological polar surface area (TPSA) is 0 Å². The lowest BCUT2D eigenvalue weighted by atomic mass is 9.64. The van der Waals surface area contributed by atoms with Gasteiger partial charge in [-0.1, -0.05) is 37.6 Å². The highest BCUT2D eigenvalue weighted by Gasteiger charge is 2.34. The van der Waals surface area contributed by atoms with Gasteiger partial charge in [0.2, 0.25) is 0 Å². The van der Waals surface area contributed by atoms with Gasteiger partial charge in [-0.2, -0.15) is 0 Å². The average Bonchev–Trinajstić information content (AvgIpc) is 2.15. The second-order valence-corrected chi connectivity index (χ2v) is 4.67. The summed E-state index contributed by atoms with van der Waals surface area (Å²) in [4.78, 5) is 0. The number of benzene rings is 1. The van der Waals surface area contributed by atoms with Crippen LogP contribution in [0, 0.1) is 11.8 Å². The van der Waals surface area contributed by atoms with Crippen molar-refractivity contribution in [1.29, 1.82) is 0 Å². The third-order valence-electron chi connectivity index (χ3n) is 3.46. The molecule has 2 rings (SSSR count). The van der Waals surface area contributed by atoms with Gasteiger partial charge >= 0.3 is 0 Å². The van der Waals surface area contributed by atoms with Crippen LogP contribution in [-0.4, -0.2) is 0 Å². The Hall–Kier alpha value is -0.490. The molecule has 0 amide bonds. The molecule has 0 nitrogen and oxygen atoms in total. The highest BCUT2D eigenvalue weighted by Crippen LogP contribution is 2.46. The Labute approximate surface area is 84.9 Å². The largest absolute Gasteiger partial charge is 0.0843 e. The van der Waals surface area contributed by atoms with Crippen molar-refractivity contribution < 1.29 is 0 Å². The van der Waals surface area contributed by atoms with Crippen molar-refractivity contribution in [3.05, 3.63) is 34.9 Å². The molecule has 0 N–H and O–H groups in total. The summed E-state index contributed by atoms with van der Waals surface area (Å²) in [6, 6.07) is 8.31. The number of rotatable bonds is 1. The van der Waals surface area contributed by atoms with E-state index in [1.54, 1.807) is 0 Å². The Bertz CT molecular complexity index is 288. The monoisotopic (exact) mass is 194 g/mol. The minimum absolute atomic E-state index is 0.771. The number of hydrogen-bond acceptors (Lipinski definition) is 0. The lowest BCUT2D eigenvalue weighted by Gasteiger charge is -2.41. The highest BCUT2D eigenvalue weighted by atomic mass is 35.5. The van der Waals surface area contributed by atoms with E-state index in [1.807, 2.05) is 12.1 Å². The van der Waals surface area contributed by atoms with E-state index in [0.29, 0.717) is 0 Å². The smallest absolute Gasteiger partial charge is 0.0406 e. The molecule has 3 atom stereocenters. The molecule has 13 heavy (non-hydrogen) atoms. The number of halogens is 1. The van der Waals surface area contributed by atoms with Crippen LogP contribution >= 0.6 is 11.6 Å². The van der Waals surface area contributed by atoms with Crippen molar-refractivity contribution in [2.24, 2.45) is 11.8 Å². The molecule has 0 saturated heterocycles. The molecule has 0 radical (unpaired) electrons. The summed E-state index contributed by atoms with van der Waals surface area (Å²) in [5.74, 6) is 2.49. The van der Waals surface area contributed by atoms with Crippen LogP contribution in [0.4, 0.5) is 0 Å². The lowest BCUT2D eigenvalue weighted by molar-refractivity contribution is 0.169. The highest BCUT2D eigenvalue weighted by molar-refractivity contribution is 6.30. The number of hydrogen-bond donors (Lipinski definition) is 0. The van der Waals surface area contributed by atoms with Crippen LogP contribution in [0.15, 0.2) is 24.3 Å². The summed E-state index contributed by atoms with van der Waals surface area (Å²) < 4.78 is 0. The zero-order valence-corrected chi connectivity index (χ0v) is 8.88. The maximum atomic E-state index is 5.84. The van der Waals surface area contributed by atoms with Gasteiger partial charge in [0.15, 0.2) is 0 Å². The molecule has 1 saturated carbocycles. The van der Waals surface area contributed by atoms with Crippen molar-refractivity contribution in [2.45, 2.75) is 26.2 Å². The summed E-state index contributed by atoms with van der Waals surface area (Å²) in [7, 11) is 0. The van der Waals surface area contributed by atoms with Crippen molar-refractivity contribution in [3.8, 4) is 0 Å². The maximum Gasteiger partial charge on any atom is 0.0406 e. The van der Waals surface area contributed by atoms with Crippen molar-refractivity contribution in [1.82, 2.24) is 0 Å². The van der Waals surface area contributed by atoms with Crippen molar-refractivity contribution in [2.75, 3.05) is 0 Å². The van der Waals surface area contributed by atoms with Gasteiger partial charge in [-0.05, 0) is 41.9 Å². The van der Waals surface area contributed by atoms with Gasteiger partial charge in [-0.3, -0.25) is 0 Å². The van der Waals surface area contributed by atoms with Gasteiger partial charge < -0.3 is 0 Å². The normalized spacial score (nSPS) is 32.7. The molecule has 0 bridgehead atoms. The minimum atomic E-state index is 0.771. The van der Waals surface area contributed by atoms with Crippen LogP contribution < -0.4 is 0 Å². The predicted molar refractivity (Wildman–Crippen MR) is 57.1 cm³/mol. The summed E-state index contributed by atoms with van der Waals surface area (Å²) in [5.41, 5.74) is 1.45.